The van der Waals surface area contributed by atoms with E-state index in [-0.39, 0.29) is 45.6 Å². The van der Waals surface area contributed by atoms with Gasteiger partial charge in [0.15, 0.2) is 5.75 Å². The van der Waals surface area contributed by atoms with Crippen molar-refractivity contribution in [2.24, 2.45) is 5.41 Å². The molecule has 1 atom stereocenters. The Balaban J connectivity index is 1.67. The van der Waals surface area contributed by atoms with Crippen LogP contribution in [0.4, 0.5) is 17.1 Å². The molecule has 1 fully saturated rings. The van der Waals surface area contributed by atoms with Gasteiger partial charge in [-0.25, -0.2) is 0 Å². The lowest BCUT2D eigenvalue weighted by Gasteiger charge is -2.44. The number of phenolic OH excluding ortho intramolecular Hbond substituents is 1. The standard InChI is InChI=1S/C25H29N3O6/c1-13(2)14-9-17(34-10-14)23(25(3)11-33-12-25)27-19-18(21(30)22(19)31)26-16-8-6-7-15(20(16)29)24(32)28(4)5/h6-10,13,23,26-27,29H,11-12H2,1-5H3. The largest absolute Gasteiger partial charge is 0.505 e. The molecular weight excluding hydrogens is 438 g/mol. The lowest BCUT2D eigenvalue weighted by atomic mass is 9.78. The number of hydrogen-bond donors (Lipinski definition) is 3. The van der Waals surface area contributed by atoms with E-state index in [0.717, 1.165) is 5.56 Å². The van der Waals surface area contributed by atoms with Gasteiger partial charge < -0.3 is 29.8 Å². The summed E-state index contributed by atoms with van der Waals surface area (Å²) in [5.41, 5.74) is -0.317. The molecule has 1 unspecified atom stereocenters. The molecule has 180 valence electrons. The van der Waals surface area contributed by atoms with E-state index in [9.17, 15) is 19.5 Å². The van der Waals surface area contributed by atoms with Crippen LogP contribution in [0.1, 0.15) is 54.4 Å². The van der Waals surface area contributed by atoms with Crippen molar-refractivity contribution in [2.45, 2.75) is 32.7 Å². The number of benzene rings is 1. The van der Waals surface area contributed by atoms with Crippen LogP contribution in [0.15, 0.2) is 44.5 Å². The van der Waals surface area contributed by atoms with E-state index < -0.39 is 16.9 Å². The van der Waals surface area contributed by atoms with Crippen molar-refractivity contribution in [1.29, 1.82) is 0 Å². The number of aromatic hydroxyl groups is 1. The first kappa shape index (κ1) is 23.6. The van der Waals surface area contributed by atoms with Gasteiger partial charge in [0.05, 0.1) is 36.8 Å². The summed E-state index contributed by atoms with van der Waals surface area (Å²) in [6.07, 6.45) is 1.70. The monoisotopic (exact) mass is 467 g/mol. The first-order valence-corrected chi connectivity index (χ1v) is 11.1. The van der Waals surface area contributed by atoms with Crippen LogP contribution in [-0.4, -0.2) is 43.2 Å². The highest BCUT2D eigenvalue weighted by atomic mass is 16.5. The van der Waals surface area contributed by atoms with E-state index in [1.165, 1.54) is 17.0 Å². The zero-order valence-corrected chi connectivity index (χ0v) is 19.9. The van der Waals surface area contributed by atoms with E-state index in [4.69, 9.17) is 9.15 Å². The minimum absolute atomic E-state index is 0.0271. The fourth-order valence-electron chi connectivity index (χ4n) is 3.99. The summed E-state index contributed by atoms with van der Waals surface area (Å²) in [5, 5.41) is 16.7. The van der Waals surface area contributed by atoms with Crippen molar-refractivity contribution in [3.8, 4) is 5.75 Å². The summed E-state index contributed by atoms with van der Waals surface area (Å²) in [6.45, 7) is 7.08. The number of ether oxygens (including phenoxy) is 1. The zero-order chi connectivity index (χ0) is 24.8. The SMILES string of the molecule is CC(C)c1coc(C(Nc2c(Nc3cccc(C(=O)N(C)C)c3O)c(=O)c2=O)C2(C)COC2)c1. The number of nitrogens with zero attached hydrogens (tertiary/aromatic N) is 1. The van der Waals surface area contributed by atoms with Gasteiger partial charge in [0, 0.05) is 19.5 Å². The Bertz CT molecular complexity index is 1290. The van der Waals surface area contributed by atoms with Crippen molar-refractivity contribution in [3.05, 3.63) is 67.9 Å². The highest BCUT2D eigenvalue weighted by molar-refractivity contribution is 5.99. The molecule has 9 nitrogen and oxygen atoms in total. The van der Waals surface area contributed by atoms with Gasteiger partial charge in [-0.3, -0.25) is 14.4 Å². The highest BCUT2D eigenvalue weighted by Crippen LogP contribution is 2.44. The Hall–Kier alpha value is -3.59. The van der Waals surface area contributed by atoms with Gasteiger partial charge in [0.2, 0.25) is 0 Å². The minimum atomic E-state index is -0.706. The van der Waals surface area contributed by atoms with E-state index in [0.29, 0.717) is 19.0 Å². The Morgan fingerprint density at radius 3 is 2.38 bits per heavy atom. The number of anilines is 3. The second kappa shape index (κ2) is 8.64. The summed E-state index contributed by atoms with van der Waals surface area (Å²) >= 11 is 0. The number of para-hydroxylation sites is 1. The van der Waals surface area contributed by atoms with Crippen molar-refractivity contribution >= 4 is 23.0 Å². The molecule has 0 spiro atoms. The maximum Gasteiger partial charge on any atom is 0.257 e. The number of rotatable bonds is 8. The van der Waals surface area contributed by atoms with E-state index in [2.05, 4.69) is 24.5 Å². The van der Waals surface area contributed by atoms with Gasteiger partial charge in [0.25, 0.3) is 16.8 Å². The Labute approximate surface area is 197 Å². The first-order chi connectivity index (χ1) is 16.0. The van der Waals surface area contributed by atoms with Crippen LogP contribution >= 0.6 is 0 Å². The average Bonchev–Trinajstić information content (AvgIpc) is 3.27. The minimum Gasteiger partial charge on any atom is -0.505 e. The third kappa shape index (κ3) is 3.96. The summed E-state index contributed by atoms with van der Waals surface area (Å²) < 4.78 is 11.3. The molecule has 34 heavy (non-hydrogen) atoms. The Morgan fingerprint density at radius 1 is 1.15 bits per heavy atom. The van der Waals surface area contributed by atoms with Crippen LogP contribution < -0.4 is 21.5 Å². The molecule has 0 radical (unpaired) electrons. The number of carbonyl (C=O) groups excluding carboxylic acids is 1. The molecule has 0 saturated carbocycles. The predicted octanol–water partition coefficient (Wildman–Crippen LogP) is 3.34. The molecule has 3 N–H and O–H groups in total. The van der Waals surface area contributed by atoms with Crippen LogP contribution in [0.3, 0.4) is 0 Å². The van der Waals surface area contributed by atoms with Gasteiger partial charge in [-0.2, -0.15) is 0 Å². The predicted molar refractivity (Wildman–Crippen MR) is 129 cm³/mol. The van der Waals surface area contributed by atoms with Crippen LogP contribution in [0, 0.1) is 5.41 Å². The molecule has 3 aromatic rings. The third-order valence-electron chi connectivity index (χ3n) is 6.28. The normalized spacial score (nSPS) is 15.7. The van der Waals surface area contributed by atoms with Gasteiger partial charge in [-0.15, -0.1) is 0 Å². The maximum atomic E-state index is 12.5. The van der Waals surface area contributed by atoms with E-state index in [1.807, 2.05) is 13.0 Å². The summed E-state index contributed by atoms with van der Waals surface area (Å²) in [5.74, 6) is 0.229. The fourth-order valence-corrected chi connectivity index (χ4v) is 3.99. The number of furan rings is 1. The molecule has 0 bridgehead atoms. The van der Waals surface area contributed by atoms with Gasteiger partial charge in [-0.1, -0.05) is 26.8 Å². The van der Waals surface area contributed by atoms with Crippen molar-refractivity contribution < 1.29 is 19.1 Å². The number of hydrogen-bond acceptors (Lipinski definition) is 8. The van der Waals surface area contributed by atoms with E-state index >= 15 is 0 Å². The van der Waals surface area contributed by atoms with Crippen molar-refractivity contribution in [1.82, 2.24) is 4.90 Å². The topological polar surface area (TPSA) is 121 Å². The number of phenols is 1. The number of amides is 1. The molecule has 0 aliphatic carbocycles. The zero-order valence-electron chi connectivity index (χ0n) is 19.9. The smallest absolute Gasteiger partial charge is 0.257 e. The quantitative estimate of drug-likeness (QED) is 0.341. The maximum absolute atomic E-state index is 12.5. The van der Waals surface area contributed by atoms with Crippen LogP contribution in [-0.2, 0) is 4.74 Å². The molecule has 1 saturated heterocycles. The molecular formula is C25H29N3O6. The highest BCUT2D eigenvalue weighted by Gasteiger charge is 2.45. The van der Waals surface area contributed by atoms with Crippen LogP contribution in [0.5, 0.6) is 5.75 Å². The number of nitrogens with one attached hydrogen (secondary N) is 2. The molecule has 2 aromatic carbocycles. The second-order valence-corrected chi connectivity index (χ2v) is 9.60. The second-order valence-electron chi connectivity index (χ2n) is 9.60. The van der Waals surface area contributed by atoms with Gasteiger partial charge >= 0.3 is 0 Å². The first-order valence-electron chi connectivity index (χ1n) is 11.1. The van der Waals surface area contributed by atoms with Gasteiger partial charge in [-0.05, 0) is 29.7 Å². The lowest BCUT2D eigenvalue weighted by Crippen LogP contribution is -2.49. The molecule has 1 aliphatic rings. The van der Waals surface area contributed by atoms with Gasteiger partial charge in [0.1, 0.15) is 17.1 Å². The molecule has 1 aliphatic heterocycles. The third-order valence-corrected chi connectivity index (χ3v) is 6.28. The average molecular weight is 468 g/mol. The molecule has 9 heteroatoms. The van der Waals surface area contributed by atoms with Crippen molar-refractivity contribution in [2.75, 3.05) is 37.9 Å². The summed E-state index contributed by atoms with van der Waals surface area (Å²) in [6, 6.07) is 6.15. The Kier molecular flexibility index (Phi) is 5.99. The molecule has 2 heterocycles. The molecule has 4 rings (SSSR count). The summed E-state index contributed by atoms with van der Waals surface area (Å²) in [7, 11) is 3.15. The summed E-state index contributed by atoms with van der Waals surface area (Å²) in [4.78, 5) is 38.7. The van der Waals surface area contributed by atoms with E-state index in [1.54, 1.807) is 26.4 Å². The van der Waals surface area contributed by atoms with Crippen LogP contribution in [0.25, 0.3) is 0 Å². The molecule has 1 amide bonds. The lowest BCUT2D eigenvalue weighted by molar-refractivity contribution is -0.114. The molecule has 1 aromatic heterocycles. The van der Waals surface area contributed by atoms with Crippen LogP contribution in [0.2, 0.25) is 0 Å². The fraction of sp³-hybridized carbons (Fsp3) is 0.400. The Morgan fingerprint density at radius 2 is 1.82 bits per heavy atom. The number of carbonyl (C=O) groups is 1. The van der Waals surface area contributed by atoms with Crippen molar-refractivity contribution in [3.63, 3.8) is 0 Å².